The summed E-state index contributed by atoms with van der Waals surface area (Å²) in [6.07, 6.45) is 0. The van der Waals surface area contributed by atoms with Gasteiger partial charge in [-0.25, -0.2) is 8.42 Å². The molecular weight excluding hydrogens is 330 g/mol. The second-order valence-corrected chi connectivity index (χ2v) is 6.41. The van der Waals surface area contributed by atoms with E-state index >= 15 is 0 Å². The third-order valence-electron chi connectivity index (χ3n) is 3.05. The van der Waals surface area contributed by atoms with E-state index in [9.17, 15) is 13.2 Å². The van der Waals surface area contributed by atoms with Gasteiger partial charge in [0.05, 0.1) is 16.5 Å². The predicted molar refractivity (Wildman–Crippen MR) is 88.0 cm³/mol. The summed E-state index contributed by atoms with van der Waals surface area (Å²) in [6.45, 7) is -0.147. The van der Waals surface area contributed by atoms with Gasteiger partial charge < -0.3 is 10.1 Å². The number of carbonyl (C=O) groups excluding carboxylic acids is 1. The van der Waals surface area contributed by atoms with Crippen LogP contribution in [-0.4, -0.2) is 28.0 Å². The van der Waals surface area contributed by atoms with Crippen molar-refractivity contribution in [3.05, 3.63) is 54.1 Å². The molecule has 0 saturated carbocycles. The fourth-order valence-electron chi connectivity index (χ4n) is 1.76. The zero-order valence-electron chi connectivity index (χ0n) is 12.8. The average molecular weight is 345 g/mol. The fraction of sp³-hybridized carbons (Fsp3) is 0.125. The maximum Gasteiger partial charge on any atom is 0.261 e. The van der Waals surface area contributed by atoms with E-state index in [-0.39, 0.29) is 17.4 Å². The number of likely N-dealkylation sites (N-methyl/N-ethyl adjacent to an activating group) is 1. The number of nitrogens with zero attached hydrogens (tertiary/aromatic N) is 1. The number of sulfonamides is 1. The Morgan fingerprint density at radius 1 is 1.12 bits per heavy atom. The minimum Gasteiger partial charge on any atom is -0.484 e. The highest BCUT2D eigenvalue weighted by molar-refractivity contribution is 7.92. The van der Waals surface area contributed by atoms with Crippen molar-refractivity contribution in [2.45, 2.75) is 4.90 Å². The van der Waals surface area contributed by atoms with Crippen molar-refractivity contribution in [3.8, 4) is 11.8 Å². The van der Waals surface area contributed by atoms with Gasteiger partial charge in [-0.15, -0.1) is 0 Å². The Hall–Kier alpha value is -3.05. The van der Waals surface area contributed by atoms with E-state index in [1.807, 2.05) is 6.07 Å². The topological polar surface area (TPSA) is 108 Å². The maximum atomic E-state index is 12.3. The summed E-state index contributed by atoms with van der Waals surface area (Å²) in [5.74, 6) is 0.102. The van der Waals surface area contributed by atoms with Crippen molar-refractivity contribution in [1.82, 2.24) is 5.32 Å². The number of anilines is 1. The van der Waals surface area contributed by atoms with Gasteiger partial charge in [-0.05, 0) is 48.5 Å². The summed E-state index contributed by atoms with van der Waals surface area (Å²) in [5.41, 5.74) is 0.796. The van der Waals surface area contributed by atoms with Crippen LogP contribution in [0.1, 0.15) is 5.56 Å². The van der Waals surface area contributed by atoms with E-state index in [0.29, 0.717) is 17.0 Å². The Morgan fingerprint density at radius 2 is 1.75 bits per heavy atom. The molecule has 0 aliphatic rings. The first-order valence-corrected chi connectivity index (χ1v) is 8.39. The molecule has 0 fully saturated rings. The molecule has 24 heavy (non-hydrogen) atoms. The molecule has 8 heteroatoms. The lowest BCUT2D eigenvalue weighted by Crippen LogP contribution is -2.24. The first-order valence-electron chi connectivity index (χ1n) is 6.91. The summed E-state index contributed by atoms with van der Waals surface area (Å²) in [4.78, 5) is 11.2. The molecule has 0 unspecified atom stereocenters. The number of carbonyl (C=O) groups is 1. The number of benzene rings is 2. The lowest BCUT2D eigenvalue weighted by Gasteiger charge is -2.09. The molecule has 0 aliphatic carbocycles. The van der Waals surface area contributed by atoms with Crippen molar-refractivity contribution >= 4 is 21.6 Å². The molecule has 0 heterocycles. The minimum absolute atomic E-state index is 0.0548. The lowest BCUT2D eigenvalue weighted by atomic mass is 10.2. The lowest BCUT2D eigenvalue weighted by molar-refractivity contribution is -0.122. The molecule has 2 aromatic carbocycles. The highest BCUT2D eigenvalue weighted by Crippen LogP contribution is 2.19. The van der Waals surface area contributed by atoms with Gasteiger partial charge in [0, 0.05) is 12.7 Å². The highest BCUT2D eigenvalue weighted by Gasteiger charge is 2.14. The molecule has 0 aliphatic heterocycles. The van der Waals surface area contributed by atoms with Crippen LogP contribution in [-0.2, 0) is 14.8 Å². The number of nitriles is 1. The largest absolute Gasteiger partial charge is 0.484 e. The smallest absolute Gasteiger partial charge is 0.261 e. The van der Waals surface area contributed by atoms with Crippen LogP contribution in [0.4, 0.5) is 5.69 Å². The molecule has 0 aromatic heterocycles. The summed E-state index contributed by atoms with van der Waals surface area (Å²) < 4.78 is 32.2. The van der Waals surface area contributed by atoms with E-state index in [4.69, 9.17) is 10.00 Å². The van der Waals surface area contributed by atoms with Gasteiger partial charge in [-0.1, -0.05) is 0 Å². The van der Waals surface area contributed by atoms with Crippen LogP contribution in [0.25, 0.3) is 0 Å². The molecule has 0 atom stereocenters. The quantitative estimate of drug-likeness (QED) is 0.824. The van der Waals surface area contributed by atoms with E-state index < -0.39 is 10.0 Å². The average Bonchev–Trinajstić information content (AvgIpc) is 2.60. The van der Waals surface area contributed by atoms with Crippen molar-refractivity contribution in [1.29, 1.82) is 5.26 Å². The van der Waals surface area contributed by atoms with Gasteiger partial charge in [0.1, 0.15) is 5.75 Å². The number of ether oxygens (including phenoxy) is 1. The Labute approximate surface area is 139 Å². The fourth-order valence-corrected chi connectivity index (χ4v) is 2.82. The zero-order valence-corrected chi connectivity index (χ0v) is 13.6. The summed E-state index contributed by atoms with van der Waals surface area (Å²) in [6, 6.07) is 13.7. The Kier molecular flexibility index (Phi) is 5.39. The van der Waals surface area contributed by atoms with Gasteiger partial charge in [-0.3, -0.25) is 9.52 Å². The molecule has 1 amide bonds. The summed E-state index contributed by atoms with van der Waals surface area (Å²) in [5, 5.41) is 11.1. The standard InChI is InChI=1S/C16H15N3O4S/c1-18-16(20)11-23-14-6-8-15(9-7-14)24(21,22)19-13-4-2-12(10-17)3-5-13/h2-9,19H,11H2,1H3,(H,18,20). The van der Waals surface area contributed by atoms with E-state index in [1.165, 1.54) is 55.6 Å². The first-order chi connectivity index (χ1) is 11.4. The second-order valence-electron chi connectivity index (χ2n) is 4.73. The van der Waals surface area contributed by atoms with Crippen LogP contribution in [0, 0.1) is 11.3 Å². The number of hydrogen-bond donors (Lipinski definition) is 2. The third-order valence-corrected chi connectivity index (χ3v) is 4.45. The Bertz CT molecular complexity index is 854. The monoisotopic (exact) mass is 345 g/mol. The number of nitrogens with one attached hydrogen (secondary N) is 2. The summed E-state index contributed by atoms with van der Waals surface area (Å²) in [7, 11) is -2.26. The van der Waals surface area contributed by atoms with Crippen LogP contribution < -0.4 is 14.8 Å². The molecule has 0 radical (unpaired) electrons. The molecule has 0 saturated heterocycles. The molecule has 2 rings (SSSR count). The Balaban J connectivity index is 2.08. The van der Waals surface area contributed by atoms with Crippen molar-refractivity contribution in [2.75, 3.05) is 18.4 Å². The molecular formula is C16H15N3O4S. The van der Waals surface area contributed by atoms with Gasteiger partial charge in [-0.2, -0.15) is 5.26 Å². The van der Waals surface area contributed by atoms with E-state index in [2.05, 4.69) is 10.0 Å². The van der Waals surface area contributed by atoms with Crippen LogP contribution in [0.5, 0.6) is 5.75 Å². The van der Waals surface area contributed by atoms with Crippen molar-refractivity contribution < 1.29 is 17.9 Å². The molecule has 7 nitrogen and oxygen atoms in total. The first kappa shape index (κ1) is 17.3. The molecule has 0 spiro atoms. The number of hydrogen-bond acceptors (Lipinski definition) is 5. The SMILES string of the molecule is CNC(=O)COc1ccc(S(=O)(=O)Nc2ccc(C#N)cc2)cc1. The van der Waals surface area contributed by atoms with Crippen LogP contribution in [0.2, 0.25) is 0 Å². The van der Waals surface area contributed by atoms with Crippen LogP contribution >= 0.6 is 0 Å². The molecule has 2 aromatic rings. The van der Waals surface area contributed by atoms with E-state index in [1.54, 1.807) is 0 Å². The van der Waals surface area contributed by atoms with Gasteiger partial charge in [0.15, 0.2) is 6.61 Å². The number of amides is 1. The maximum absolute atomic E-state index is 12.3. The number of rotatable bonds is 6. The molecule has 2 N–H and O–H groups in total. The minimum atomic E-state index is -3.75. The van der Waals surface area contributed by atoms with Gasteiger partial charge >= 0.3 is 0 Å². The third kappa shape index (κ3) is 4.47. The van der Waals surface area contributed by atoms with Crippen molar-refractivity contribution in [3.63, 3.8) is 0 Å². The predicted octanol–water partition coefficient (Wildman–Crippen LogP) is 1.48. The van der Waals surface area contributed by atoms with Crippen LogP contribution in [0.3, 0.4) is 0 Å². The highest BCUT2D eigenvalue weighted by atomic mass is 32.2. The molecule has 124 valence electrons. The molecule has 0 bridgehead atoms. The van der Waals surface area contributed by atoms with Gasteiger partial charge in [0.25, 0.3) is 15.9 Å². The normalized spacial score (nSPS) is 10.5. The Morgan fingerprint density at radius 3 is 2.29 bits per heavy atom. The van der Waals surface area contributed by atoms with E-state index in [0.717, 1.165) is 0 Å². The van der Waals surface area contributed by atoms with Crippen LogP contribution in [0.15, 0.2) is 53.4 Å². The van der Waals surface area contributed by atoms with Crippen molar-refractivity contribution in [2.24, 2.45) is 0 Å². The second kappa shape index (κ2) is 7.48. The zero-order chi connectivity index (χ0) is 17.6. The van der Waals surface area contributed by atoms with Gasteiger partial charge in [0.2, 0.25) is 0 Å². The summed E-state index contributed by atoms with van der Waals surface area (Å²) >= 11 is 0.